The van der Waals surface area contributed by atoms with Crippen molar-refractivity contribution in [2.45, 2.75) is 26.2 Å². The average Bonchev–Trinajstić information content (AvgIpc) is 2.59. The number of benzene rings is 2. The second-order valence-electron chi connectivity index (χ2n) is 5.63. The highest BCUT2D eigenvalue weighted by Gasteiger charge is 2.11. The first kappa shape index (κ1) is 19.1. The Bertz CT molecular complexity index is 748. The van der Waals surface area contributed by atoms with Crippen molar-refractivity contribution in [1.82, 2.24) is 5.32 Å². The van der Waals surface area contributed by atoms with Crippen LogP contribution in [0.1, 0.15) is 35.7 Å². The van der Waals surface area contributed by atoms with Gasteiger partial charge in [-0.25, -0.2) is 4.39 Å². The van der Waals surface area contributed by atoms with Crippen LogP contribution in [0.15, 0.2) is 46.9 Å². The molecule has 2 rings (SSSR count). The number of hydrogen-bond donors (Lipinski definition) is 2. The molecule has 4 nitrogen and oxygen atoms in total. The molecule has 2 amide bonds. The van der Waals surface area contributed by atoms with E-state index in [0.717, 1.165) is 24.6 Å². The van der Waals surface area contributed by atoms with Crippen molar-refractivity contribution in [3.05, 3.63) is 63.9 Å². The topological polar surface area (TPSA) is 58.2 Å². The summed E-state index contributed by atoms with van der Waals surface area (Å²) in [4.78, 5) is 23.9. The summed E-state index contributed by atoms with van der Waals surface area (Å²) in [6, 6.07) is 11.6. The van der Waals surface area contributed by atoms with Crippen molar-refractivity contribution in [3.63, 3.8) is 0 Å². The highest BCUT2D eigenvalue weighted by molar-refractivity contribution is 9.10. The lowest BCUT2D eigenvalue weighted by Crippen LogP contribution is -2.28. The summed E-state index contributed by atoms with van der Waals surface area (Å²) in [5, 5.41) is 5.40. The van der Waals surface area contributed by atoms with Gasteiger partial charge in [0, 0.05) is 23.1 Å². The van der Waals surface area contributed by atoms with Crippen LogP contribution in [0.2, 0.25) is 0 Å². The summed E-state index contributed by atoms with van der Waals surface area (Å²) in [6.45, 7) is 2.29. The van der Waals surface area contributed by atoms with Crippen molar-refractivity contribution in [1.29, 1.82) is 0 Å². The molecule has 0 unspecified atom stereocenters. The van der Waals surface area contributed by atoms with Gasteiger partial charge in [0.25, 0.3) is 5.91 Å². The van der Waals surface area contributed by atoms with Crippen LogP contribution in [0.3, 0.4) is 0 Å². The van der Waals surface area contributed by atoms with Crippen molar-refractivity contribution < 1.29 is 14.0 Å². The summed E-state index contributed by atoms with van der Waals surface area (Å²) in [7, 11) is 0. The zero-order valence-corrected chi connectivity index (χ0v) is 15.5. The standard InChI is InChI=1S/C19H20BrFN2O2/c1-2-3-13-4-7-15(8-5-13)23-18(24)10-11-22-19(25)16-12-14(21)6-9-17(16)20/h4-9,12H,2-3,10-11H2,1H3,(H,22,25)(H,23,24). The van der Waals surface area contributed by atoms with Crippen LogP contribution in [-0.2, 0) is 11.2 Å². The maximum absolute atomic E-state index is 13.2. The van der Waals surface area contributed by atoms with E-state index in [-0.39, 0.29) is 24.4 Å². The molecule has 0 saturated heterocycles. The smallest absolute Gasteiger partial charge is 0.252 e. The minimum absolute atomic E-state index is 0.134. The minimum Gasteiger partial charge on any atom is -0.351 e. The molecule has 0 atom stereocenters. The van der Waals surface area contributed by atoms with E-state index in [4.69, 9.17) is 0 Å². The molecule has 0 aliphatic heterocycles. The van der Waals surface area contributed by atoms with Crippen LogP contribution >= 0.6 is 15.9 Å². The molecular formula is C19H20BrFN2O2. The van der Waals surface area contributed by atoms with Crippen LogP contribution < -0.4 is 10.6 Å². The van der Waals surface area contributed by atoms with E-state index in [1.165, 1.54) is 17.7 Å². The van der Waals surface area contributed by atoms with Gasteiger partial charge in [-0.1, -0.05) is 25.5 Å². The monoisotopic (exact) mass is 406 g/mol. The Morgan fingerprint density at radius 3 is 2.52 bits per heavy atom. The molecule has 2 aromatic carbocycles. The van der Waals surface area contributed by atoms with E-state index < -0.39 is 11.7 Å². The van der Waals surface area contributed by atoms with Crippen molar-refractivity contribution in [2.24, 2.45) is 0 Å². The van der Waals surface area contributed by atoms with Gasteiger partial charge in [0.1, 0.15) is 5.82 Å². The third-order valence-corrected chi connectivity index (χ3v) is 4.28. The van der Waals surface area contributed by atoms with Gasteiger partial charge in [-0.2, -0.15) is 0 Å². The lowest BCUT2D eigenvalue weighted by Gasteiger charge is -2.08. The fourth-order valence-electron chi connectivity index (χ4n) is 2.32. The fourth-order valence-corrected chi connectivity index (χ4v) is 2.75. The number of hydrogen-bond acceptors (Lipinski definition) is 2. The van der Waals surface area contributed by atoms with Gasteiger partial charge < -0.3 is 10.6 Å². The fraction of sp³-hybridized carbons (Fsp3) is 0.263. The number of carbonyl (C=O) groups excluding carboxylic acids is 2. The molecule has 0 spiro atoms. The molecule has 2 aromatic rings. The Balaban J connectivity index is 1.80. The molecule has 0 bridgehead atoms. The van der Waals surface area contributed by atoms with Gasteiger partial charge in [-0.05, 0) is 58.2 Å². The Labute approximate surface area is 154 Å². The van der Waals surface area contributed by atoms with Crippen LogP contribution in [0, 0.1) is 5.82 Å². The Hall–Kier alpha value is -2.21. The van der Waals surface area contributed by atoms with Crippen LogP contribution in [0.25, 0.3) is 0 Å². The molecule has 0 aliphatic rings. The summed E-state index contributed by atoms with van der Waals surface area (Å²) < 4.78 is 13.7. The predicted molar refractivity (Wildman–Crippen MR) is 100 cm³/mol. The van der Waals surface area contributed by atoms with E-state index >= 15 is 0 Å². The lowest BCUT2D eigenvalue weighted by molar-refractivity contribution is -0.116. The van der Waals surface area contributed by atoms with E-state index in [2.05, 4.69) is 33.5 Å². The molecule has 0 aliphatic carbocycles. The number of halogens is 2. The molecule has 0 radical (unpaired) electrons. The van der Waals surface area contributed by atoms with Gasteiger partial charge in [0.15, 0.2) is 0 Å². The molecule has 6 heteroatoms. The first-order valence-electron chi connectivity index (χ1n) is 8.11. The SMILES string of the molecule is CCCc1ccc(NC(=O)CCNC(=O)c2cc(F)ccc2Br)cc1. The lowest BCUT2D eigenvalue weighted by atomic mass is 10.1. The van der Waals surface area contributed by atoms with Gasteiger partial charge in [-0.15, -0.1) is 0 Å². The minimum atomic E-state index is -0.488. The number of carbonyl (C=O) groups is 2. The maximum Gasteiger partial charge on any atom is 0.252 e. The predicted octanol–water partition coefficient (Wildman–Crippen LogP) is 4.30. The molecule has 0 fully saturated rings. The Morgan fingerprint density at radius 2 is 1.84 bits per heavy atom. The summed E-state index contributed by atoms with van der Waals surface area (Å²) >= 11 is 3.21. The highest BCUT2D eigenvalue weighted by Crippen LogP contribution is 2.17. The Morgan fingerprint density at radius 1 is 1.12 bits per heavy atom. The molecule has 0 aromatic heterocycles. The van der Waals surface area contributed by atoms with Gasteiger partial charge in [-0.3, -0.25) is 9.59 Å². The molecule has 25 heavy (non-hydrogen) atoms. The molecule has 0 saturated carbocycles. The van der Waals surface area contributed by atoms with Gasteiger partial charge in [0.05, 0.1) is 5.56 Å². The molecule has 0 heterocycles. The van der Waals surface area contributed by atoms with E-state index in [1.807, 2.05) is 24.3 Å². The number of rotatable bonds is 7. The van der Waals surface area contributed by atoms with Crippen LogP contribution in [0.4, 0.5) is 10.1 Å². The second-order valence-corrected chi connectivity index (χ2v) is 6.48. The maximum atomic E-state index is 13.2. The van der Waals surface area contributed by atoms with E-state index in [9.17, 15) is 14.0 Å². The number of anilines is 1. The van der Waals surface area contributed by atoms with Gasteiger partial charge >= 0.3 is 0 Å². The zero-order valence-electron chi connectivity index (χ0n) is 13.9. The highest BCUT2D eigenvalue weighted by atomic mass is 79.9. The summed E-state index contributed by atoms with van der Waals surface area (Å²) in [6.07, 6.45) is 2.22. The average molecular weight is 407 g/mol. The third-order valence-electron chi connectivity index (χ3n) is 3.59. The quantitative estimate of drug-likeness (QED) is 0.719. The third kappa shape index (κ3) is 5.98. The van der Waals surface area contributed by atoms with Crippen molar-refractivity contribution in [2.75, 3.05) is 11.9 Å². The number of nitrogens with one attached hydrogen (secondary N) is 2. The van der Waals surface area contributed by atoms with E-state index in [0.29, 0.717) is 4.47 Å². The normalized spacial score (nSPS) is 10.4. The molecule has 2 N–H and O–H groups in total. The molecular weight excluding hydrogens is 387 g/mol. The van der Waals surface area contributed by atoms with Crippen LogP contribution in [-0.4, -0.2) is 18.4 Å². The summed E-state index contributed by atoms with van der Waals surface area (Å²) in [5.74, 6) is -1.11. The summed E-state index contributed by atoms with van der Waals surface area (Å²) in [5.41, 5.74) is 2.16. The van der Waals surface area contributed by atoms with Crippen LogP contribution in [0.5, 0.6) is 0 Å². The van der Waals surface area contributed by atoms with Crippen molar-refractivity contribution >= 4 is 33.4 Å². The number of amides is 2. The first-order chi connectivity index (χ1) is 12.0. The largest absolute Gasteiger partial charge is 0.351 e. The first-order valence-corrected chi connectivity index (χ1v) is 8.91. The second kappa shape index (κ2) is 9.32. The van der Waals surface area contributed by atoms with E-state index in [1.54, 1.807) is 0 Å². The zero-order chi connectivity index (χ0) is 18.2. The number of aryl methyl sites for hydroxylation is 1. The molecule has 132 valence electrons. The Kier molecular flexibility index (Phi) is 7.13. The van der Waals surface area contributed by atoms with Crippen molar-refractivity contribution in [3.8, 4) is 0 Å². The van der Waals surface area contributed by atoms with Gasteiger partial charge in [0.2, 0.25) is 5.91 Å².